The maximum absolute atomic E-state index is 12.4. The van der Waals surface area contributed by atoms with Crippen LogP contribution in [0.25, 0.3) is 0 Å². The van der Waals surface area contributed by atoms with Gasteiger partial charge in [-0.15, -0.1) is 0 Å². The van der Waals surface area contributed by atoms with Crippen molar-refractivity contribution < 1.29 is 9.59 Å². The van der Waals surface area contributed by atoms with E-state index in [4.69, 9.17) is 0 Å². The average Bonchev–Trinajstić information content (AvgIpc) is 2.53. The molecule has 0 radical (unpaired) electrons. The maximum Gasteiger partial charge on any atom is 0.322 e. The van der Waals surface area contributed by atoms with Crippen LogP contribution in [0, 0.1) is 0 Å². The summed E-state index contributed by atoms with van der Waals surface area (Å²) in [5.41, 5.74) is 2.30. The number of benzene rings is 2. The minimum Gasteiger partial charge on any atom is -0.320 e. The molecule has 0 fully saturated rings. The number of carbonyl (C=O) groups excluding carboxylic acids is 2. The quantitative estimate of drug-likeness (QED) is 0.849. The van der Waals surface area contributed by atoms with Crippen molar-refractivity contribution in [3.05, 3.63) is 65.7 Å². The predicted molar refractivity (Wildman–Crippen MR) is 88.0 cm³/mol. The highest BCUT2D eigenvalue weighted by molar-refractivity contribution is 5.96. The monoisotopic (exact) mass is 296 g/mol. The van der Waals surface area contributed by atoms with Crippen LogP contribution in [-0.4, -0.2) is 23.3 Å². The summed E-state index contributed by atoms with van der Waals surface area (Å²) in [5.74, 6) is -0.0206. The van der Waals surface area contributed by atoms with E-state index in [0.717, 1.165) is 5.56 Å². The smallest absolute Gasteiger partial charge is 0.320 e. The summed E-state index contributed by atoms with van der Waals surface area (Å²) < 4.78 is 0. The van der Waals surface area contributed by atoms with E-state index in [1.165, 1.54) is 6.92 Å². The molecule has 4 heteroatoms. The third-order valence-corrected chi connectivity index (χ3v) is 3.41. The van der Waals surface area contributed by atoms with Crippen molar-refractivity contribution in [2.24, 2.45) is 0 Å². The van der Waals surface area contributed by atoms with Gasteiger partial charge in [-0.05, 0) is 31.5 Å². The summed E-state index contributed by atoms with van der Waals surface area (Å²) >= 11 is 0. The number of amides is 2. The number of carbonyl (C=O) groups is 2. The van der Waals surface area contributed by atoms with Crippen LogP contribution in [0.4, 0.5) is 10.5 Å². The second-order valence-electron chi connectivity index (χ2n) is 5.07. The number of hydrogen-bond donors (Lipinski definition) is 1. The van der Waals surface area contributed by atoms with Gasteiger partial charge in [-0.25, -0.2) is 4.79 Å². The van der Waals surface area contributed by atoms with E-state index in [1.54, 1.807) is 29.2 Å². The molecule has 0 heterocycles. The Labute approximate surface area is 130 Å². The fourth-order valence-corrected chi connectivity index (χ4v) is 2.15. The van der Waals surface area contributed by atoms with Crippen LogP contribution < -0.4 is 5.32 Å². The van der Waals surface area contributed by atoms with E-state index in [0.29, 0.717) is 24.3 Å². The third-order valence-electron chi connectivity index (χ3n) is 3.41. The molecule has 2 aromatic carbocycles. The fourth-order valence-electron chi connectivity index (χ4n) is 2.15. The first-order valence-corrected chi connectivity index (χ1v) is 7.31. The van der Waals surface area contributed by atoms with Crippen LogP contribution in [0.1, 0.15) is 29.8 Å². The lowest BCUT2D eigenvalue weighted by Gasteiger charge is -2.21. The second-order valence-corrected chi connectivity index (χ2v) is 5.07. The molecule has 114 valence electrons. The molecule has 0 saturated carbocycles. The molecular weight excluding hydrogens is 276 g/mol. The van der Waals surface area contributed by atoms with Crippen molar-refractivity contribution in [1.29, 1.82) is 0 Å². The van der Waals surface area contributed by atoms with E-state index in [2.05, 4.69) is 5.32 Å². The first kappa shape index (κ1) is 15.8. The normalized spacial score (nSPS) is 10.1. The van der Waals surface area contributed by atoms with Gasteiger partial charge in [0.15, 0.2) is 5.78 Å². The zero-order valence-corrected chi connectivity index (χ0v) is 12.9. The van der Waals surface area contributed by atoms with Gasteiger partial charge in [0.25, 0.3) is 0 Å². The van der Waals surface area contributed by atoms with Gasteiger partial charge in [-0.3, -0.25) is 4.79 Å². The SMILES string of the molecule is CCN(Cc1ccccc1)C(=O)Nc1cccc(C(C)=O)c1. The second kappa shape index (κ2) is 7.41. The summed E-state index contributed by atoms with van der Waals surface area (Å²) in [6, 6.07) is 16.6. The van der Waals surface area contributed by atoms with Crippen molar-refractivity contribution in [1.82, 2.24) is 4.90 Å². The number of rotatable bonds is 5. The third kappa shape index (κ3) is 4.19. The minimum absolute atomic E-state index is 0.0206. The summed E-state index contributed by atoms with van der Waals surface area (Å²) in [4.78, 5) is 25.5. The molecule has 2 rings (SSSR count). The zero-order chi connectivity index (χ0) is 15.9. The van der Waals surface area contributed by atoms with Crippen LogP contribution in [0.2, 0.25) is 0 Å². The molecule has 2 aromatic rings. The largest absolute Gasteiger partial charge is 0.322 e. The highest BCUT2D eigenvalue weighted by Crippen LogP contribution is 2.13. The Kier molecular flexibility index (Phi) is 5.31. The Morgan fingerprint density at radius 2 is 1.77 bits per heavy atom. The molecule has 1 N–H and O–H groups in total. The number of nitrogens with zero attached hydrogens (tertiary/aromatic N) is 1. The molecule has 0 atom stereocenters. The minimum atomic E-state index is -0.174. The Bertz CT molecular complexity index is 653. The van der Waals surface area contributed by atoms with Gasteiger partial charge in [0.1, 0.15) is 0 Å². The number of anilines is 1. The number of hydrogen-bond acceptors (Lipinski definition) is 2. The lowest BCUT2D eigenvalue weighted by Crippen LogP contribution is -2.34. The van der Waals surface area contributed by atoms with Crippen molar-refractivity contribution in [2.45, 2.75) is 20.4 Å². The van der Waals surface area contributed by atoms with Crippen LogP contribution in [-0.2, 0) is 6.54 Å². The maximum atomic E-state index is 12.4. The van der Waals surface area contributed by atoms with Gasteiger partial charge in [-0.2, -0.15) is 0 Å². The molecule has 0 aliphatic rings. The molecule has 22 heavy (non-hydrogen) atoms. The molecule has 0 aromatic heterocycles. The van der Waals surface area contributed by atoms with Crippen LogP contribution in [0.15, 0.2) is 54.6 Å². The Morgan fingerprint density at radius 3 is 2.41 bits per heavy atom. The topological polar surface area (TPSA) is 49.4 Å². The highest BCUT2D eigenvalue weighted by atomic mass is 16.2. The van der Waals surface area contributed by atoms with Gasteiger partial charge in [0.05, 0.1) is 0 Å². The van der Waals surface area contributed by atoms with Crippen molar-refractivity contribution >= 4 is 17.5 Å². The molecule has 4 nitrogen and oxygen atoms in total. The van der Waals surface area contributed by atoms with Crippen molar-refractivity contribution in [2.75, 3.05) is 11.9 Å². The first-order valence-electron chi connectivity index (χ1n) is 7.31. The van der Waals surface area contributed by atoms with Crippen molar-refractivity contribution in [3.8, 4) is 0 Å². The predicted octanol–water partition coefficient (Wildman–Crippen LogP) is 3.94. The molecule has 0 aliphatic carbocycles. The van der Waals surface area contributed by atoms with Gasteiger partial charge < -0.3 is 10.2 Å². The van der Waals surface area contributed by atoms with Gasteiger partial charge >= 0.3 is 6.03 Å². The summed E-state index contributed by atoms with van der Waals surface area (Å²) in [6.45, 7) is 4.60. The summed E-state index contributed by atoms with van der Waals surface area (Å²) in [6.07, 6.45) is 0. The summed E-state index contributed by atoms with van der Waals surface area (Å²) in [7, 11) is 0. The molecule has 0 unspecified atom stereocenters. The number of nitrogens with one attached hydrogen (secondary N) is 1. The van der Waals surface area contributed by atoms with Gasteiger partial charge in [0, 0.05) is 24.3 Å². The van der Waals surface area contributed by atoms with E-state index in [-0.39, 0.29) is 11.8 Å². The highest BCUT2D eigenvalue weighted by Gasteiger charge is 2.12. The van der Waals surface area contributed by atoms with E-state index < -0.39 is 0 Å². The van der Waals surface area contributed by atoms with Crippen LogP contribution in [0.3, 0.4) is 0 Å². The lowest BCUT2D eigenvalue weighted by molar-refractivity contribution is 0.101. The molecule has 0 spiro atoms. The molecule has 2 amide bonds. The Balaban J connectivity index is 2.06. The number of ketones is 1. The number of Topliss-reactive ketones (excluding diaryl/α,β-unsaturated/α-hetero) is 1. The molecule has 0 aliphatic heterocycles. The Morgan fingerprint density at radius 1 is 1.05 bits per heavy atom. The molecule has 0 bridgehead atoms. The van der Waals surface area contributed by atoms with E-state index in [1.807, 2.05) is 37.3 Å². The first-order chi connectivity index (χ1) is 10.6. The molecule has 0 saturated heterocycles. The number of urea groups is 1. The van der Waals surface area contributed by atoms with Gasteiger partial charge in [0.2, 0.25) is 0 Å². The van der Waals surface area contributed by atoms with E-state index >= 15 is 0 Å². The van der Waals surface area contributed by atoms with E-state index in [9.17, 15) is 9.59 Å². The zero-order valence-electron chi connectivity index (χ0n) is 12.9. The van der Waals surface area contributed by atoms with Gasteiger partial charge in [-0.1, -0.05) is 42.5 Å². The van der Waals surface area contributed by atoms with Crippen molar-refractivity contribution in [3.63, 3.8) is 0 Å². The summed E-state index contributed by atoms with van der Waals surface area (Å²) in [5, 5.41) is 2.84. The molecular formula is C18H20N2O2. The standard InChI is InChI=1S/C18H20N2O2/c1-3-20(13-15-8-5-4-6-9-15)18(22)19-17-11-7-10-16(12-17)14(2)21/h4-12H,3,13H2,1-2H3,(H,19,22). The Hall–Kier alpha value is -2.62. The van der Waals surface area contributed by atoms with Crippen LogP contribution >= 0.6 is 0 Å². The average molecular weight is 296 g/mol. The lowest BCUT2D eigenvalue weighted by atomic mass is 10.1. The van der Waals surface area contributed by atoms with Crippen LogP contribution in [0.5, 0.6) is 0 Å². The fraction of sp³-hybridized carbons (Fsp3) is 0.222.